The van der Waals surface area contributed by atoms with Gasteiger partial charge in [0.05, 0.1) is 36.6 Å². The maximum atomic E-state index is 15.0. The lowest BCUT2D eigenvalue weighted by Gasteiger charge is -2.27. The summed E-state index contributed by atoms with van der Waals surface area (Å²) in [5.74, 6) is -1.46. The van der Waals surface area contributed by atoms with Crippen LogP contribution in [0.2, 0.25) is 0 Å². The molecule has 2 aromatic heterocycles. The number of aliphatic carboxylic acids is 1. The van der Waals surface area contributed by atoms with E-state index in [-0.39, 0.29) is 42.3 Å². The highest BCUT2D eigenvalue weighted by molar-refractivity contribution is 5.70. The number of nitrogens with one attached hydrogen (secondary N) is 1. The molecule has 0 bridgehead atoms. The summed E-state index contributed by atoms with van der Waals surface area (Å²) in [6.45, 7) is 5.87. The Labute approximate surface area is 191 Å². The van der Waals surface area contributed by atoms with Crippen LogP contribution in [0.25, 0.3) is 11.4 Å². The van der Waals surface area contributed by atoms with Crippen LogP contribution in [-0.2, 0) is 23.1 Å². The zero-order valence-corrected chi connectivity index (χ0v) is 19.3. The molecule has 11 heteroatoms. The summed E-state index contributed by atoms with van der Waals surface area (Å²) in [7, 11) is 1.64. The van der Waals surface area contributed by atoms with Crippen molar-refractivity contribution in [2.45, 2.75) is 59.1 Å². The maximum Gasteiger partial charge on any atom is 0.407 e. The average molecular weight is 464 g/mol. The number of aryl methyl sites for hydroxylation is 2. The summed E-state index contributed by atoms with van der Waals surface area (Å²) in [6, 6.07) is 1.24. The number of nitrogens with zero attached hydrogens (tertiary/aromatic N) is 4. The lowest BCUT2D eigenvalue weighted by atomic mass is 9.87. The monoisotopic (exact) mass is 463 g/mol. The van der Waals surface area contributed by atoms with Crippen molar-refractivity contribution >= 4 is 12.1 Å². The number of carbonyl (C=O) groups excluding carboxylic acids is 1. The third kappa shape index (κ3) is 6.17. The van der Waals surface area contributed by atoms with Crippen molar-refractivity contribution in [3.63, 3.8) is 0 Å². The molecule has 180 valence electrons. The Hall–Kier alpha value is -3.24. The molecule has 2 atom stereocenters. The van der Waals surface area contributed by atoms with Gasteiger partial charge in [-0.25, -0.2) is 18.9 Å². The zero-order chi connectivity index (χ0) is 24.1. The van der Waals surface area contributed by atoms with Gasteiger partial charge in [-0.05, 0) is 38.5 Å². The molecule has 1 aliphatic carbocycles. The Morgan fingerprint density at radius 1 is 1.33 bits per heavy atom. The number of aromatic nitrogens is 4. The van der Waals surface area contributed by atoms with Gasteiger partial charge < -0.3 is 19.9 Å². The second-order valence-electron chi connectivity index (χ2n) is 8.70. The molecule has 2 aromatic rings. The highest BCUT2D eigenvalue weighted by Crippen LogP contribution is 2.32. The normalized spacial score (nSPS) is 18.2. The van der Waals surface area contributed by atoms with E-state index in [2.05, 4.69) is 20.6 Å². The van der Waals surface area contributed by atoms with Crippen molar-refractivity contribution in [2.24, 2.45) is 18.9 Å². The van der Waals surface area contributed by atoms with Crippen molar-refractivity contribution in [2.75, 3.05) is 6.61 Å². The standard InChI is InChI=1S/C22H30FN5O5/c1-12(2)11-32-22(31)24-10-17-20(26-27-28(17)4)19-16(23)9-18(13(3)25-19)33-15-7-5-6-14(8-15)21(29)30/h9,12,14-15H,5-8,10-11H2,1-4H3,(H,24,31)(H,29,30)/t14-,15-/m0/s1. The molecule has 2 N–H and O–H groups in total. The summed E-state index contributed by atoms with van der Waals surface area (Å²) < 4.78 is 27.5. The molecule has 33 heavy (non-hydrogen) atoms. The van der Waals surface area contributed by atoms with E-state index in [1.807, 2.05) is 13.8 Å². The number of carboxylic acids is 1. The number of hydrogen-bond acceptors (Lipinski definition) is 7. The van der Waals surface area contributed by atoms with Crippen molar-refractivity contribution in [3.05, 3.63) is 23.3 Å². The minimum atomic E-state index is -0.837. The molecule has 0 unspecified atom stereocenters. The third-order valence-electron chi connectivity index (χ3n) is 5.50. The van der Waals surface area contributed by atoms with Crippen LogP contribution in [-0.4, -0.2) is 49.9 Å². The van der Waals surface area contributed by atoms with E-state index in [9.17, 15) is 14.7 Å². The fourth-order valence-electron chi connectivity index (χ4n) is 3.71. The first kappa shape index (κ1) is 24.4. The van der Waals surface area contributed by atoms with Crippen LogP contribution in [0.15, 0.2) is 6.07 Å². The lowest BCUT2D eigenvalue weighted by molar-refractivity contribution is -0.143. The molecule has 0 spiro atoms. The molecule has 1 amide bonds. The Bertz CT molecular complexity index is 1010. The Kier molecular flexibility index (Phi) is 7.83. The van der Waals surface area contributed by atoms with Crippen LogP contribution in [0.4, 0.5) is 9.18 Å². The van der Waals surface area contributed by atoms with E-state index in [1.54, 1.807) is 14.0 Å². The highest BCUT2D eigenvalue weighted by Gasteiger charge is 2.29. The van der Waals surface area contributed by atoms with Gasteiger partial charge in [0.1, 0.15) is 17.1 Å². The minimum Gasteiger partial charge on any atom is -0.488 e. The molecule has 1 fully saturated rings. The van der Waals surface area contributed by atoms with Crippen LogP contribution < -0.4 is 10.1 Å². The van der Waals surface area contributed by atoms with E-state index in [0.29, 0.717) is 30.7 Å². The molecule has 10 nitrogen and oxygen atoms in total. The second kappa shape index (κ2) is 10.6. The fourth-order valence-corrected chi connectivity index (χ4v) is 3.71. The van der Waals surface area contributed by atoms with Crippen molar-refractivity contribution in [1.82, 2.24) is 25.3 Å². The van der Waals surface area contributed by atoms with Crippen LogP contribution in [0, 0.1) is 24.6 Å². The van der Waals surface area contributed by atoms with Crippen LogP contribution >= 0.6 is 0 Å². The SMILES string of the molecule is Cc1nc(-c2nnn(C)c2CNC(=O)OCC(C)C)c(F)cc1O[C@H]1CCC[C@H](C(=O)O)C1. The quantitative estimate of drug-likeness (QED) is 0.611. The first-order chi connectivity index (χ1) is 15.7. The second-order valence-corrected chi connectivity index (χ2v) is 8.70. The smallest absolute Gasteiger partial charge is 0.407 e. The molecule has 0 radical (unpaired) electrons. The summed E-state index contributed by atoms with van der Waals surface area (Å²) in [4.78, 5) is 27.5. The van der Waals surface area contributed by atoms with Crippen molar-refractivity contribution in [3.8, 4) is 17.1 Å². The summed E-state index contributed by atoms with van der Waals surface area (Å²) >= 11 is 0. The van der Waals surface area contributed by atoms with Gasteiger partial charge in [0.2, 0.25) is 0 Å². The zero-order valence-electron chi connectivity index (χ0n) is 19.3. The minimum absolute atomic E-state index is 0.00708. The topological polar surface area (TPSA) is 128 Å². The van der Waals surface area contributed by atoms with E-state index >= 15 is 4.39 Å². The largest absolute Gasteiger partial charge is 0.488 e. The number of rotatable bonds is 8. The van der Waals surface area contributed by atoms with Gasteiger partial charge in [0.25, 0.3) is 0 Å². The Balaban J connectivity index is 1.75. The van der Waals surface area contributed by atoms with Gasteiger partial charge in [-0.2, -0.15) is 0 Å². The van der Waals surface area contributed by atoms with E-state index in [1.165, 1.54) is 10.7 Å². The van der Waals surface area contributed by atoms with Crippen LogP contribution in [0.5, 0.6) is 5.75 Å². The van der Waals surface area contributed by atoms with E-state index in [0.717, 1.165) is 6.42 Å². The molecule has 0 aromatic carbocycles. The molecule has 3 rings (SSSR count). The van der Waals surface area contributed by atoms with Gasteiger partial charge in [-0.1, -0.05) is 19.1 Å². The average Bonchev–Trinajstić information content (AvgIpc) is 3.13. The lowest BCUT2D eigenvalue weighted by Crippen LogP contribution is -2.29. The summed E-state index contributed by atoms with van der Waals surface area (Å²) in [5.41, 5.74) is 1.11. The molecule has 0 saturated heterocycles. The van der Waals surface area contributed by atoms with Gasteiger partial charge in [0, 0.05) is 13.1 Å². The molecular weight excluding hydrogens is 433 g/mol. The molecule has 1 saturated carbocycles. The number of carbonyl (C=O) groups is 2. The predicted molar refractivity (Wildman–Crippen MR) is 116 cm³/mol. The van der Waals surface area contributed by atoms with Gasteiger partial charge in [-0.3, -0.25) is 4.79 Å². The Morgan fingerprint density at radius 2 is 2.09 bits per heavy atom. The Morgan fingerprint density at radius 3 is 2.79 bits per heavy atom. The van der Waals surface area contributed by atoms with E-state index in [4.69, 9.17) is 9.47 Å². The molecule has 0 aliphatic heterocycles. The number of ether oxygens (including phenoxy) is 2. The fraction of sp³-hybridized carbons (Fsp3) is 0.591. The van der Waals surface area contributed by atoms with Gasteiger partial charge in [-0.15, -0.1) is 5.10 Å². The number of carboxylic acid groups (broad SMARTS) is 1. The maximum absolute atomic E-state index is 15.0. The number of pyridine rings is 1. The van der Waals surface area contributed by atoms with Crippen molar-refractivity contribution < 1.29 is 28.6 Å². The number of hydrogen-bond donors (Lipinski definition) is 2. The number of alkyl carbamates (subject to hydrolysis) is 1. The summed E-state index contributed by atoms with van der Waals surface area (Å²) in [5, 5.41) is 19.9. The number of amides is 1. The highest BCUT2D eigenvalue weighted by atomic mass is 19.1. The summed E-state index contributed by atoms with van der Waals surface area (Å²) in [6.07, 6.45) is 1.55. The number of halogens is 1. The molecule has 1 aliphatic rings. The van der Waals surface area contributed by atoms with E-state index < -0.39 is 23.8 Å². The van der Waals surface area contributed by atoms with Gasteiger partial charge in [0.15, 0.2) is 5.82 Å². The third-order valence-corrected chi connectivity index (χ3v) is 5.50. The first-order valence-corrected chi connectivity index (χ1v) is 11.0. The van der Waals surface area contributed by atoms with Gasteiger partial charge >= 0.3 is 12.1 Å². The molecular formula is C22H30FN5O5. The van der Waals surface area contributed by atoms with Crippen LogP contribution in [0.1, 0.15) is 50.9 Å². The first-order valence-electron chi connectivity index (χ1n) is 11.0. The van der Waals surface area contributed by atoms with Crippen LogP contribution in [0.3, 0.4) is 0 Å². The van der Waals surface area contributed by atoms with Crippen molar-refractivity contribution in [1.29, 1.82) is 0 Å². The predicted octanol–water partition coefficient (Wildman–Crippen LogP) is 3.23. The molecule has 2 heterocycles.